The summed E-state index contributed by atoms with van der Waals surface area (Å²) >= 11 is 0. The number of halogens is 1. The fourth-order valence-electron chi connectivity index (χ4n) is 2.27. The van der Waals surface area contributed by atoms with E-state index in [9.17, 15) is 0 Å². The zero-order chi connectivity index (χ0) is 18.5. The normalized spacial score (nSPS) is 11.0. The number of hydrogen-bond donors (Lipinski definition) is 2. The molecule has 0 atom stereocenters. The van der Waals surface area contributed by atoms with Crippen LogP contribution in [0.15, 0.2) is 46.1 Å². The van der Waals surface area contributed by atoms with Crippen LogP contribution in [0.25, 0.3) is 0 Å². The van der Waals surface area contributed by atoms with Gasteiger partial charge in [-0.1, -0.05) is 6.07 Å². The van der Waals surface area contributed by atoms with Crippen LogP contribution in [0.5, 0.6) is 5.88 Å². The Morgan fingerprint density at radius 2 is 2.11 bits per heavy atom. The third-order valence-corrected chi connectivity index (χ3v) is 3.47. The van der Waals surface area contributed by atoms with Crippen LogP contribution in [0, 0.1) is 0 Å². The highest BCUT2D eigenvalue weighted by molar-refractivity contribution is 14.0. The molecular weight excluding hydrogens is 459 g/mol. The summed E-state index contributed by atoms with van der Waals surface area (Å²) in [6.07, 6.45) is 4.26. The molecule has 2 rings (SSSR count). The highest BCUT2D eigenvalue weighted by atomic mass is 127. The number of guanidine groups is 1. The van der Waals surface area contributed by atoms with Gasteiger partial charge >= 0.3 is 0 Å². The second kappa shape index (κ2) is 14.3. The number of nitrogens with one attached hydrogen (secondary N) is 2. The fraction of sp³-hybridized carbons (Fsp3) is 0.474. The molecule has 0 aliphatic rings. The maximum absolute atomic E-state index is 5.57. The van der Waals surface area contributed by atoms with E-state index in [1.807, 2.05) is 38.1 Å². The summed E-state index contributed by atoms with van der Waals surface area (Å²) in [7, 11) is 0. The van der Waals surface area contributed by atoms with Gasteiger partial charge in [-0.15, -0.1) is 24.0 Å². The average Bonchev–Trinajstić information content (AvgIpc) is 3.17. The van der Waals surface area contributed by atoms with Crippen molar-refractivity contribution in [3.63, 3.8) is 0 Å². The Kier molecular flexibility index (Phi) is 12.3. The Morgan fingerprint density at radius 1 is 1.22 bits per heavy atom. The van der Waals surface area contributed by atoms with E-state index in [-0.39, 0.29) is 24.0 Å². The lowest BCUT2D eigenvalue weighted by Gasteiger charge is -2.12. The van der Waals surface area contributed by atoms with Crippen LogP contribution < -0.4 is 15.4 Å². The van der Waals surface area contributed by atoms with E-state index in [0.717, 1.165) is 36.8 Å². The Hall–Kier alpha value is -1.81. The number of aromatic nitrogens is 1. The third kappa shape index (κ3) is 9.09. The van der Waals surface area contributed by atoms with Crippen LogP contribution >= 0.6 is 24.0 Å². The van der Waals surface area contributed by atoms with Gasteiger partial charge in [0.1, 0.15) is 12.4 Å². The topological polar surface area (TPSA) is 80.9 Å². The molecule has 2 aromatic rings. The molecule has 0 spiro atoms. The van der Waals surface area contributed by atoms with E-state index in [1.54, 1.807) is 12.5 Å². The SMILES string of the molecule is CCNC(=NCc1cccnc1OCC)NCCCOCc1ccco1.I. The van der Waals surface area contributed by atoms with Crippen LogP contribution in [0.3, 0.4) is 0 Å². The smallest absolute Gasteiger partial charge is 0.218 e. The van der Waals surface area contributed by atoms with Crippen molar-refractivity contribution in [2.24, 2.45) is 4.99 Å². The molecule has 2 N–H and O–H groups in total. The second-order valence-corrected chi connectivity index (χ2v) is 5.51. The Balaban J connectivity index is 0.00000364. The van der Waals surface area contributed by atoms with Crippen molar-refractivity contribution in [1.29, 1.82) is 0 Å². The molecule has 2 heterocycles. The first-order valence-electron chi connectivity index (χ1n) is 9.02. The summed E-state index contributed by atoms with van der Waals surface area (Å²) in [5.41, 5.74) is 0.966. The van der Waals surface area contributed by atoms with E-state index >= 15 is 0 Å². The summed E-state index contributed by atoms with van der Waals surface area (Å²) in [4.78, 5) is 8.86. The molecule has 0 aliphatic carbocycles. The summed E-state index contributed by atoms with van der Waals surface area (Å²) in [5, 5.41) is 6.55. The monoisotopic (exact) mass is 488 g/mol. The number of furan rings is 1. The van der Waals surface area contributed by atoms with Crippen molar-refractivity contribution in [3.8, 4) is 5.88 Å². The lowest BCUT2D eigenvalue weighted by atomic mass is 10.3. The number of hydrogen-bond acceptors (Lipinski definition) is 5. The summed E-state index contributed by atoms with van der Waals surface area (Å²) in [6.45, 7) is 7.81. The largest absolute Gasteiger partial charge is 0.478 e. The molecule has 0 radical (unpaired) electrons. The van der Waals surface area contributed by atoms with E-state index in [0.29, 0.717) is 32.2 Å². The van der Waals surface area contributed by atoms with Gasteiger partial charge in [0.2, 0.25) is 5.88 Å². The molecular formula is C19H29IN4O3. The molecule has 0 amide bonds. The maximum atomic E-state index is 5.57. The van der Waals surface area contributed by atoms with Crippen LogP contribution in [0.4, 0.5) is 0 Å². The maximum Gasteiger partial charge on any atom is 0.218 e. The molecule has 27 heavy (non-hydrogen) atoms. The molecule has 8 heteroatoms. The number of aliphatic imine (C=N–C) groups is 1. The molecule has 0 aromatic carbocycles. The van der Waals surface area contributed by atoms with Gasteiger partial charge in [-0.2, -0.15) is 0 Å². The van der Waals surface area contributed by atoms with Gasteiger partial charge in [-0.25, -0.2) is 9.98 Å². The van der Waals surface area contributed by atoms with Crippen molar-refractivity contribution in [1.82, 2.24) is 15.6 Å². The summed E-state index contributed by atoms with van der Waals surface area (Å²) < 4.78 is 16.3. The van der Waals surface area contributed by atoms with Crippen molar-refractivity contribution in [3.05, 3.63) is 48.0 Å². The molecule has 2 aromatic heterocycles. The van der Waals surface area contributed by atoms with Crippen LogP contribution in [-0.4, -0.2) is 37.2 Å². The minimum absolute atomic E-state index is 0. The number of pyridine rings is 1. The summed E-state index contributed by atoms with van der Waals surface area (Å²) in [6, 6.07) is 7.64. The number of nitrogens with zero attached hydrogens (tertiary/aromatic N) is 2. The quantitative estimate of drug-likeness (QED) is 0.219. The number of ether oxygens (including phenoxy) is 2. The average molecular weight is 488 g/mol. The number of rotatable bonds is 11. The van der Waals surface area contributed by atoms with Gasteiger partial charge in [0.05, 0.1) is 19.4 Å². The predicted molar refractivity (Wildman–Crippen MR) is 117 cm³/mol. The fourth-order valence-corrected chi connectivity index (χ4v) is 2.27. The van der Waals surface area contributed by atoms with Crippen LogP contribution in [0.1, 0.15) is 31.6 Å². The highest BCUT2D eigenvalue weighted by Gasteiger charge is 2.04. The molecule has 7 nitrogen and oxygen atoms in total. The standard InChI is InChI=1S/C19H28N4O3.HI/c1-3-20-19(22-11-7-12-24-15-17-9-6-13-26-17)23-14-16-8-5-10-21-18(16)25-4-2;/h5-6,8-10,13H,3-4,7,11-12,14-15H2,1-2H3,(H2,20,22,23);1H. The summed E-state index contributed by atoms with van der Waals surface area (Å²) in [5.74, 6) is 2.25. The zero-order valence-corrected chi connectivity index (χ0v) is 18.3. The Morgan fingerprint density at radius 3 is 2.85 bits per heavy atom. The Labute approximate surface area is 178 Å². The first-order valence-corrected chi connectivity index (χ1v) is 9.02. The minimum atomic E-state index is 0. The molecule has 0 unspecified atom stereocenters. The lowest BCUT2D eigenvalue weighted by Crippen LogP contribution is -2.38. The molecule has 0 saturated heterocycles. The Bertz CT molecular complexity index is 650. The van der Waals surface area contributed by atoms with Gasteiger partial charge in [-0.05, 0) is 38.5 Å². The van der Waals surface area contributed by atoms with Crippen LogP contribution in [-0.2, 0) is 17.9 Å². The second-order valence-electron chi connectivity index (χ2n) is 5.51. The first kappa shape index (κ1) is 23.2. The van der Waals surface area contributed by atoms with E-state index in [2.05, 4.69) is 20.6 Å². The van der Waals surface area contributed by atoms with Gasteiger partial charge in [0.25, 0.3) is 0 Å². The van der Waals surface area contributed by atoms with Crippen molar-refractivity contribution >= 4 is 29.9 Å². The van der Waals surface area contributed by atoms with Gasteiger partial charge in [0.15, 0.2) is 5.96 Å². The van der Waals surface area contributed by atoms with Gasteiger partial charge < -0.3 is 24.5 Å². The van der Waals surface area contributed by atoms with E-state index in [4.69, 9.17) is 13.9 Å². The lowest BCUT2D eigenvalue weighted by molar-refractivity contribution is 0.105. The van der Waals surface area contributed by atoms with E-state index < -0.39 is 0 Å². The molecule has 0 bridgehead atoms. The van der Waals surface area contributed by atoms with Crippen molar-refractivity contribution in [2.75, 3.05) is 26.3 Å². The van der Waals surface area contributed by atoms with E-state index in [1.165, 1.54) is 0 Å². The van der Waals surface area contributed by atoms with Gasteiger partial charge in [0, 0.05) is 31.5 Å². The third-order valence-electron chi connectivity index (χ3n) is 3.47. The zero-order valence-electron chi connectivity index (χ0n) is 15.9. The van der Waals surface area contributed by atoms with Crippen LogP contribution in [0.2, 0.25) is 0 Å². The van der Waals surface area contributed by atoms with Crippen molar-refractivity contribution < 1.29 is 13.9 Å². The predicted octanol–water partition coefficient (Wildman–Crippen LogP) is 3.35. The molecule has 0 fully saturated rings. The van der Waals surface area contributed by atoms with Crippen molar-refractivity contribution in [2.45, 2.75) is 33.4 Å². The highest BCUT2D eigenvalue weighted by Crippen LogP contribution is 2.15. The molecule has 150 valence electrons. The van der Waals surface area contributed by atoms with Gasteiger partial charge in [-0.3, -0.25) is 0 Å². The first-order chi connectivity index (χ1) is 12.8. The molecule has 0 saturated carbocycles. The molecule has 0 aliphatic heterocycles. The minimum Gasteiger partial charge on any atom is -0.478 e.